The first-order valence-electron chi connectivity index (χ1n) is 8.77. The highest BCUT2D eigenvalue weighted by Gasteiger charge is 2.32. The molecule has 0 saturated carbocycles. The van der Waals surface area contributed by atoms with Gasteiger partial charge in [0.15, 0.2) is 0 Å². The number of carbonyl (C=O) groups is 1. The van der Waals surface area contributed by atoms with Crippen LogP contribution in [0.25, 0.3) is 0 Å². The van der Waals surface area contributed by atoms with Gasteiger partial charge in [0, 0.05) is 23.4 Å². The highest BCUT2D eigenvalue weighted by molar-refractivity contribution is 8.03. The van der Waals surface area contributed by atoms with Gasteiger partial charge < -0.3 is 10.2 Å². The van der Waals surface area contributed by atoms with E-state index in [-0.39, 0.29) is 32.7 Å². The second-order valence-corrected chi connectivity index (χ2v) is 11.5. The first-order valence-corrected chi connectivity index (χ1v) is 11.9. The Bertz CT molecular complexity index is 988. The highest BCUT2D eigenvalue weighted by Crippen LogP contribution is 2.43. The number of alkyl halides is 3. The van der Waals surface area contributed by atoms with Crippen molar-refractivity contribution < 1.29 is 28.0 Å². The Morgan fingerprint density at radius 2 is 1.91 bits per heavy atom. The Morgan fingerprint density at radius 1 is 1.31 bits per heavy atom. The standard InChI is InChI=1S/C19H21Cl3F2N2O4S2/c1-18(2,3)32(30)26-8-10-5-6-12(20)16(15(10)21)31-13(11(9-27)17(28)29)7-14(25-4)19(22,23)24/h5-7,9,26-27H,8H2,1-4H3,(H,28,29)/b11-9-,13-7+,25-14?. The second kappa shape index (κ2) is 11.8. The molecule has 0 amide bonds. The summed E-state index contributed by atoms with van der Waals surface area (Å²) in [6.45, 7) is 5.44. The number of aliphatic hydroxyl groups is 1. The van der Waals surface area contributed by atoms with Crippen LogP contribution in [0.5, 0.6) is 0 Å². The van der Waals surface area contributed by atoms with Crippen LogP contribution in [0.4, 0.5) is 8.78 Å². The molecular formula is C19H21Cl3F2N2O4S2. The smallest absolute Gasteiger partial charge is 0.364 e. The summed E-state index contributed by atoms with van der Waals surface area (Å²) in [4.78, 5) is 14.7. The number of hydrogen-bond donors (Lipinski definition) is 3. The number of aliphatic carboxylic acids is 1. The Morgan fingerprint density at radius 3 is 2.34 bits per heavy atom. The predicted molar refractivity (Wildman–Crippen MR) is 128 cm³/mol. The molecular weight excluding hydrogens is 529 g/mol. The molecule has 0 aromatic heterocycles. The summed E-state index contributed by atoms with van der Waals surface area (Å²) in [5.41, 5.74) is -1.16. The zero-order valence-electron chi connectivity index (χ0n) is 17.4. The maximum Gasteiger partial charge on any atom is 0.364 e. The number of rotatable bonds is 9. The molecule has 0 heterocycles. The number of halogens is 5. The second-order valence-electron chi connectivity index (χ2n) is 7.12. The van der Waals surface area contributed by atoms with Crippen LogP contribution in [0.1, 0.15) is 26.3 Å². The van der Waals surface area contributed by atoms with E-state index in [1.165, 1.54) is 6.07 Å². The topological polar surface area (TPSA) is 99.0 Å². The van der Waals surface area contributed by atoms with Gasteiger partial charge in [-0.15, -0.1) is 0 Å². The van der Waals surface area contributed by atoms with Crippen LogP contribution in [-0.2, 0) is 22.3 Å². The van der Waals surface area contributed by atoms with Gasteiger partial charge in [0.25, 0.3) is 0 Å². The van der Waals surface area contributed by atoms with E-state index in [0.29, 0.717) is 17.3 Å². The molecule has 0 spiro atoms. The maximum atomic E-state index is 13.6. The van der Waals surface area contributed by atoms with Gasteiger partial charge in [-0.05, 0) is 50.1 Å². The van der Waals surface area contributed by atoms with Crippen molar-refractivity contribution in [1.82, 2.24) is 4.72 Å². The van der Waals surface area contributed by atoms with E-state index in [9.17, 15) is 28.0 Å². The molecule has 1 rings (SSSR count). The normalized spacial score (nSPS) is 15.1. The number of thioether (sulfide) groups is 1. The number of nitrogens with zero attached hydrogens (tertiary/aromatic N) is 1. The molecule has 6 nitrogen and oxygen atoms in total. The number of aliphatic imine (C=N–C) groups is 1. The minimum Gasteiger partial charge on any atom is -0.515 e. The summed E-state index contributed by atoms with van der Waals surface area (Å²) in [6, 6.07) is 3.05. The molecule has 32 heavy (non-hydrogen) atoms. The Hall–Kier alpha value is -1.17. The van der Waals surface area contributed by atoms with Crippen molar-refractivity contribution in [2.75, 3.05) is 7.05 Å². The highest BCUT2D eigenvalue weighted by atomic mass is 35.5. The fourth-order valence-corrected chi connectivity index (χ4v) is 4.61. The van der Waals surface area contributed by atoms with Crippen molar-refractivity contribution in [1.29, 1.82) is 0 Å². The number of benzene rings is 1. The molecule has 0 aliphatic carbocycles. The van der Waals surface area contributed by atoms with Gasteiger partial charge in [-0.2, -0.15) is 8.78 Å². The lowest BCUT2D eigenvalue weighted by atomic mass is 10.2. The molecule has 3 N–H and O–H groups in total. The number of carboxylic acid groups (broad SMARTS) is 1. The first kappa shape index (κ1) is 28.9. The van der Waals surface area contributed by atoms with E-state index in [1.807, 2.05) is 0 Å². The number of allylic oxidation sites excluding steroid dienone is 1. The van der Waals surface area contributed by atoms with Crippen LogP contribution in [0, 0.1) is 0 Å². The van der Waals surface area contributed by atoms with Crippen LogP contribution >= 0.6 is 46.6 Å². The minimum absolute atomic E-state index is 0.0853. The molecule has 1 atom stereocenters. The minimum atomic E-state index is -3.89. The SMILES string of the molecule is CN=C(/C=C(Sc1c(Cl)ccc(CNS(=O)C(C)(C)C)c1Cl)\C(=C\O)C(=O)O)C(F)(F)Cl. The maximum absolute atomic E-state index is 13.6. The van der Waals surface area contributed by atoms with Crippen molar-refractivity contribution >= 4 is 69.2 Å². The third-order valence-corrected chi connectivity index (χ3v) is 7.58. The number of carboxylic acids is 1. The summed E-state index contributed by atoms with van der Waals surface area (Å²) in [6.07, 6.45) is 0.973. The monoisotopic (exact) mass is 548 g/mol. The molecule has 13 heteroatoms. The summed E-state index contributed by atoms with van der Waals surface area (Å²) in [7, 11) is -0.346. The van der Waals surface area contributed by atoms with Gasteiger partial charge in [-0.25, -0.2) is 13.7 Å². The molecule has 0 fully saturated rings. The number of nitrogens with one attached hydrogen (secondary N) is 1. The van der Waals surface area contributed by atoms with Crippen LogP contribution in [0.3, 0.4) is 0 Å². The molecule has 0 aliphatic rings. The predicted octanol–water partition coefficient (Wildman–Crippen LogP) is 5.95. The fourth-order valence-electron chi connectivity index (χ4n) is 2.06. The van der Waals surface area contributed by atoms with Gasteiger partial charge in [0.1, 0.15) is 11.3 Å². The first-order chi connectivity index (χ1) is 14.6. The van der Waals surface area contributed by atoms with Gasteiger partial charge in [0.05, 0.1) is 32.0 Å². The largest absolute Gasteiger partial charge is 0.515 e. The van der Waals surface area contributed by atoms with Gasteiger partial charge in [-0.3, -0.25) is 4.99 Å². The van der Waals surface area contributed by atoms with E-state index in [1.54, 1.807) is 26.8 Å². The zero-order chi connectivity index (χ0) is 24.9. The van der Waals surface area contributed by atoms with Crippen molar-refractivity contribution in [3.8, 4) is 0 Å². The quantitative estimate of drug-likeness (QED) is 0.0883. The van der Waals surface area contributed by atoms with Gasteiger partial charge in [-0.1, -0.05) is 41.0 Å². The third kappa shape index (κ3) is 8.00. The number of aliphatic hydroxyl groups excluding tert-OH is 1. The molecule has 0 radical (unpaired) electrons. The van der Waals surface area contributed by atoms with Crippen molar-refractivity contribution in [2.24, 2.45) is 4.99 Å². The molecule has 0 bridgehead atoms. The Kier molecular flexibility index (Phi) is 10.6. The van der Waals surface area contributed by atoms with E-state index >= 15 is 0 Å². The summed E-state index contributed by atoms with van der Waals surface area (Å²) < 4.78 is 41.8. The van der Waals surface area contributed by atoms with Gasteiger partial charge in [0.2, 0.25) is 0 Å². The molecule has 1 aromatic rings. The summed E-state index contributed by atoms with van der Waals surface area (Å²) in [5, 5.41) is 15.0. The van der Waals surface area contributed by atoms with Crippen LogP contribution < -0.4 is 4.72 Å². The van der Waals surface area contributed by atoms with Crippen LogP contribution in [0.15, 0.2) is 44.8 Å². The van der Waals surface area contributed by atoms with Crippen molar-refractivity contribution in [3.05, 3.63) is 50.6 Å². The zero-order valence-corrected chi connectivity index (χ0v) is 21.3. The van der Waals surface area contributed by atoms with E-state index < -0.39 is 38.4 Å². The van der Waals surface area contributed by atoms with E-state index in [0.717, 1.165) is 13.1 Å². The van der Waals surface area contributed by atoms with Crippen molar-refractivity contribution in [2.45, 2.75) is 42.3 Å². The average molecular weight is 550 g/mol. The molecule has 0 aliphatic heterocycles. The van der Waals surface area contributed by atoms with E-state index in [2.05, 4.69) is 9.71 Å². The van der Waals surface area contributed by atoms with E-state index in [4.69, 9.17) is 34.8 Å². The van der Waals surface area contributed by atoms with Crippen molar-refractivity contribution in [3.63, 3.8) is 0 Å². The summed E-state index contributed by atoms with van der Waals surface area (Å²) in [5.74, 6) is -1.59. The third-order valence-electron chi connectivity index (χ3n) is 3.72. The lowest BCUT2D eigenvalue weighted by Gasteiger charge is -2.19. The molecule has 0 saturated heterocycles. The Balaban J connectivity index is 3.48. The van der Waals surface area contributed by atoms with Crippen LogP contribution in [0.2, 0.25) is 10.0 Å². The van der Waals surface area contributed by atoms with Gasteiger partial charge >= 0.3 is 11.4 Å². The fraction of sp³-hybridized carbons (Fsp3) is 0.368. The number of hydrogen-bond acceptors (Lipinski definition) is 5. The molecule has 178 valence electrons. The molecule has 1 aromatic carbocycles. The average Bonchev–Trinajstić information content (AvgIpc) is 2.66. The lowest BCUT2D eigenvalue weighted by molar-refractivity contribution is -0.132. The molecule has 1 unspecified atom stereocenters. The Labute approximate surface area is 206 Å². The lowest BCUT2D eigenvalue weighted by Crippen LogP contribution is -2.32. The summed E-state index contributed by atoms with van der Waals surface area (Å²) >= 11 is 18.3. The van der Waals surface area contributed by atoms with Crippen LogP contribution in [-0.4, -0.2) is 43.3 Å².